The van der Waals surface area contributed by atoms with Crippen molar-refractivity contribution in [1.29, 1.82) is 0 Å². The molecule has 0 aliphatic heterocycles. The third-order valence-corrected chi connectivity index (χ3v) is 4.04. The van der Waals surface area contributed by atoms with E-state index in [0.717, 1.165) is 22.4 Å². The maximum absolute atomic E-state index is 12.0. The number of anilines is 1. The van der Waals surface area contributed by atoms with E-state index >= 15 is 0 Å². The zero-order chi connectivity index (χ0) is 19.8. The summed E-state index contributed by atoms with van der Waals surface area (Å²) in [4.78, 5) is 24.0. The smallest absolute Gasteiger partial charge is 0.163 e. The fourth-order valence-electron chi connectivity index (χ4n) is 2.47. The van der Waals surface area contributed by atoms with Crippen molar-refractivity contribution in [1.82, 2.24) is 0 Å². The molecule has 2 aromatic rings. The molecule has 5 nitrogen and oxygen atoms in total. The average Bonchev–Trinajstić information content (AvgIpc) is 2.66. The van der Waals surface area contributed by atoms with Gasteiger partial charge in [0.25, 0.3) is 0 Å². The van der Waals surface area contributed by atoms with Crippen molar-refractivity contribution in [2.24, 2.45) is 0 Å². The van der Waals surface area contributed by atoms with Gasteiger partial charge in [0.05, 0.1) is 20.1 Å². The zero-order valence-electron chi connectivity index (χ0n) is 15.4. The number of nitrogen functional groups attached to an aromatic ring is 1. The number of rotatable bonds is 8. The first kappa shape index (κ1) is 20.1. The number of hydrogen-bond donors (Lipinski definition) is 2. The van der Waals surface area contributed by atoms with Crippen LogP contribution in [0.5, 0.6) is 5.75 Å². The largest absolute Gasteiger partial charge is 0.496 e. The summed E-state index contributed by atoms with van der Waals surface area (Å²) in [5.41, 5.74) is 9.37. The number of carbonyl (C=O) groups excluding carboxylic acids is 2. The summed E-state index contributed by atoms with van der Waals surface area (Å²) in [7, 11) is 1.59. The summed E-state index contributed by atoms with van der Waals surface area (Å²) in [6.07, 6.45) is 5.80. The molecule has 0 aliphatic rings. The van der Waals surface area contributed by atoms with Gasteiger partial charge in [-0.15, -0.1) is 0 Å². The molecule has 0 unspecified atom stereocenters. The first-order chi connectivity index (χ1) is 12.9. The Kier molecular flexibility index (Phi) is 7.08. The highest BCUT2D eigenvalue weighted by molar-refractivity contribution is 6.10. The molecule has 0 saturated carbocycles. The van der Waals surface area contributed by atoms with Crippen molar-refractivity contribution in [3.63, 3.8) is 0 Å². The molecule has 0 saturated heterocycles. The average molecular weight is 365 g/mol. The minimum Gasteiger partial charge on any atom is -0.496 e. The SMILES string of the molecule is COc1cc(/C=C/C(=O)CC(=O)/C=C/c2ccc(N)c(CO)c2)ccc1C. The Labute approximate surface area is 158 Å². The maximum Gasteiger partial charge on any atom is 0.163 e. The fourth-order valence-corrected chi connectivity index (χ4v) is 2.47. The van der Waals surface area contributed by atoms with Crippen molar-refractivity contribution < 1.29 is 19.4 Å². The van der Waals surface area contributed by atoms with Crippen LogP contribution in [0, 0.1) is 6.92 Å². The van der Waals surface area contributed by atoms with E-state index in [-0.39, 0.29) is 24.6 Å². The van der Waals surface area contributed by atoms with Gasteiger partial charge in [-0.2, -0.15) is 0 Å². The van der Waals surface area contributed by atoms with Crippen molar-refractivity contribution in [3.05, 3.63) is 70.8 Å². The number of carbonyl (C=O) groups is 2. The van der Waals surface area contributed by atoms with Crippen molar-refractivity contribution >= 4 is 29.4 Å². The van der Waals surface area contributed by atoms with Crippen LogP contribution in [0.4, 0.5) is 5.69 Å². The quantitative estimate of drug-likeness (QED) is 0.425. The lowest BCUT2D eigenvalue weighted by Gasteiger charge is -2.04. The second kappa shape index (κ2) is 9.50. The summed E-state index contributed by atoms with van der Waals surface area (Å²) in [6, 6.07) is 10.7. The zero-order valence-corrected chi connectivity index (χ0v) is 15.4. The van der Waals surface area contributed by atoms with Gasteiger partial charge in [-0.3, -0.25) is 9.59 Å². The number of aryl methyl sites for hydroxylation is 1. The number of hydrogen-bond acceptors (Lipinski definition) is 5. The summed E-state index contributed by atoms with van der Waals surface area (Å²) in [5.74, 6) is 0.167. The van der Waals surface area contributed by atoms with Crippen molar-refractivity contribution in [3.8, 4) is 5.75 Å². The molecule has 27 heavy (non-hydrogen) atoms. The Hall–Kier alpha value is -3.18. The highest BCUT2D eigenvalue weighted by Gasteiger charge is 2.05. The fraction of sp³-hybridized carbons (Fsp3) is 0.182. The predicted octanol–water partition coefficient (Wildman–Crippen LogP) is 3.33. The standard InChI is InChI=1S/C22H23NO4/c1-15-3-4-17(12-22(15)27-2)6-9-20(26)13-19(25)8-5-16-7-10-21(23)18(11-16)14-24/h3-12,24H,13-14,23H2,1-2H3/b8-5+,9-6+. The van der Waals surface area contributed by atoms with E-state index in [1.807, 2.05) is 25.1 Å². The number of aliphatic hydroxyl groups is 1. The van der Waals surface area contributed by atoms with Crippen molar-refractivity contribution in [2.75, 3.05) is 12.8 Å². The number of methoxy groups -OCH3 is 1. The normalized spacial score (nSPS) is 11.2. The lowest BCUT2D eigenvalue weighted by molar-refractivity contribution is -0.121. The Morgan fingerprint density at radius 1 is 1.04 bits per heavy atom. The van der Waals surface area contributed by atoms with Crippen LogP contribution in [0.25, 0.3) is 12.2 Å². The molecule has 0 bridgehead atoms. The molecule has 0 aromatic heterocycles. The molecule has 0 atom stereocenters. The molecule has 0 radical (unpaired) electrons. The summed E-state index contributed by atoms with van der Waals surface area (Å²) in [5, 5.41) is 9.21. The van der Waals surface area contributed by atoms with Gasteiger partial charge in [0, 0.05) is 11.3 Å². The summed E-state index contributed by atoms with van der Waals surface area (Å²) >= 11 is 0. The van der Waals surface area contributed by atoms with Crippen LogP contribution >= 0.6 is 0 Å². The molecule has 140 valence electrons. The van der Waals surface area contributed by atoms with E-state index < -0.39 is 0 Å². The van der Waals surface area contributed by atoms with Gasteiger partial charge in [0.1, 0.15) is 5.75 Å². The van der Waals surface area contributed by atoms with E-state index in [9.17, 15) is 14.7 Å². The highest BCUT2D eigenvalue weighted by atomic mass is 16.5. The Morgan fingerprint density at radius 2 is 1.63 bits per heavy atom. The lowest BCUT2D eigenvalue weighted by atomic mass is 10.1. The third-order valence-electron chi connectivity index (χ3n) is 4.04. The molecular weight excluding hydrogens is 342 g/mol. The number of nitrogens with two attached hydrogens (primary N) is 1. The highest BCUT2D eigenvalue weighted by Crippen LogP contribution is 2.20. The number of allylic oxidation sites excluding steroid dienone is 2. The van der Waals surface area contributed by atoms with Crippen molar-refractivity contribution in [2.45, 2.75) is 20.0 Å². The molecule has 2 rings (SSSR count). The molecule has 2 aromatic carbocycles. The first-order valence-corrected chi connectivity index (χ1v) is 8.48. The van der Waals surface area contributed by atoms with Gasteiger partial charge in [-0.05, 0) is 54.0 Å². The van der Waals surface area contributed by atoms with Gasteiger partial charge in [-0.1, -0.05) is 30.4 Å². The van der Waals surface area contributed by atoms with E-state index in [4.69, 9.17) is 10.5 Å². The number of ketones is 2. The van der Waals surface area contributed by atoms with Crippen LogP contribution in [0.1, 0.15) is 28.7 Å². The molecule has 0 fully saturated rings. The van der Waals surface area contributed by atoms with E-state index in [1.54, 1.807) is 37.5 Å². The summed E-state index contributed by atoms with van der Waals surface area (Å²) in [6.45, 7) is 1.77. The number of ether oxygens (including phenoxy) is 1. The minimum absolute atomic E-state index is 0.172. The number of benzene rings is 2. The third kappa shape index (κ3) is 5.94. The molecule has 0 spiro atoms. The molecule has 0 heterocycles. The minimum atomic E-state index is -0.298. The summed E-state index contributed by atoms with van der Waals surface area (Å²) < 4.78 is 5.25. The second-order valence-electron chi connectivity index (χ2n) is 6.12. The van der Waals surface area contributed by atoms with Gasteiger partial charge in [0.15, 0.2) is 11.6 Å². The Morgan fingerprint density at radius 3 is 2.22 bits per heavy atom. The molecular formula is C22H23NO4. The predicted molar refractivity (Wildman–Crippen MR) is 107 cm³/mol. The van der Waals surface area contributed by atoms with E-state index in [2.05, 4.69) is 0 Å². The molecule has 0 aliphatic carbocycles. The topological polar surface area (TPSA) is 89.6 Å². The van der Waals surface area contributed by atoms with Crippen LogP contribution in [-0.2, 0) is 16.2 Å². The van der Waals surface area contributed by atoms with Gasteiger partial charge in [-0.25, -0.2) is 0 Å². The van der Waals surface area contributed by atoms with Crippen LogP contribution in [-0.4, -0.2) is 23.8 Å². The maximum atomic E-state index is 12.0. The second-order valence-corrected chi connectivity index (χ2v) is 6.12. The first-order valence-electron chi connectivity index (χ1n) is 8.48. The molecule has 0 amide bonds. The molecule has 5 heteroatoms. The van der Waals surface area contributed by atoms with Crippen LogP contribution in [0.2, 0.25) is 0 Å². The number of aliphatic hydroxyl groups excluding tert-OH is 1. The monoisotopic (exact) mass is 365 g/mol. The van der Waals surface area contributed by atoms with E-state index in [0.29, 0.717) is 11.3 Å². The van der Waals surface area contributed by atoms with Crippen LogP contribution < -0.4 is 10.5 Å². The van der Waals surface area contributed by atoms with Crippen LogP contribution in [0.15, 0.2) is 48.6 Å². The van der Waals surface area contributed by atoms with Gasteiger partial charge >= 0.3 is 0 Å². The lowest BCUT2D eigenvalue weighted by Crippen LogP contribution is -2.02. The van der Waals surface area contributed by atoms with Gasteiger partial charge in [0.2, 0.25) is 0 Å². The Balaban J connectivity index is 1.96. The van der Waals surface area contributed by atoms with E-state index in [1.165, 1.54) is 12.2 Å². The Bertz CT molecular complexity index is 824. The van der Waals surface area contributed by atoms with Gasteiger partial charge < -0.3 is 15.6 Å². The molecule has 3 N–H and O–H groups in total. The van der Waals surface area contributed by atoms with Crippen LogP contribution in [0.3, 0.4) is 0 Å².